The third kappa shape index (κ3) is 5.48. The molecule has 35 heavy (non-hydrogen) atoms. The minimum Gasteiger partial charge on any atom is -0.443 e. The van der Waals surface area contributed by atoms with Gasteiger partial charge in [-0.05, 0) is 77.3 Å². The summed E-state index contributed by atoms with van der Waals surface area (Å²) in [5.74, 6) is 1.33. The van der Waals surface area contributed by atoms with E-state index in [4.69, 9.17) is 9.26 Å². The molecule has 0 atom stereocenters. The Kier molecular flexibility index (Phi) is 6.56. The van der Waals surface area contributed by atoms with Crippen molar-refractivity contribution in [3.05, 3.63) is 77.1 Å². The lowest BCUT2D eigenvalue weighted by Crippen LogP contribution is -2.38. The number of carbonyl (C=O) groups is 2. The number of ether oxygens (including phenoxy) is 1. The van der Waals surface area contributed by atoms with Crippen molar-refractivity contribution in [2.45, 2.75) is 53.1 Å². The van der Waals surface area contributed by atoms with E-state index in [2.05, 4.69) is 21.7 Å². The number of aromatic nitrogens is 2. The molecule has 2 aromatic heterocycles. The van der Waals surface area contributed by atoms with Gasteiger partial charge in [0.05, 0.1) is 17.9 Å². The molecule has 0 unspecified atom stereocenters. The molecule has 3 heterocycles. The monoisotopic (exact) mass is 474 g/mol. The van der Waals surface area contributed by atoms with Crippen LogP contribution in [0.25, 0.3) is 5.57 Å². The maximum atomic E-state index is 13.2. The Labute approximate surface area is 205 Å². The summed E-state index contributed by atoms with van der Waals surface area (Å²) in [5.41, 5.74) is 2.78. The van der Waals surface area contributed by atoms with E-state index in [0.29, 0.717) is 34.8 Å². The van der Waals surface area contributed by atoms with Gasteiger partial charge in [0.1, 0.15) is 17.2 Å². The molecule has 0 radical (unpaired) electrons. The van der Waals surface area contributed by atoms with Crippen LogP contribution < -0.4 is 0 Å². The summed E-state index contributed by atoms with van der Waals surface area (Å²) in [7, 11) is 0. The molecule has 8 nitrogen and oxygen atoms in total. The summed E-state index contributed by atoms with van der Waals surface area (Å²) < 4.78 is 11.1. The number of rotatable bonds is 6. The normalized spacial score (nSPS) is 17.5. The third-order valence-corrected chi connectivity index (χ3v) is 5.63. The number of aryl methyl sites for hydroxylation is 2. The van der Waals surface area contributed by atoms with Gasteiger partial charge in [-0.2, -0.15) is 0 Å². The highest BCUT2D eigenvalue weighted by molar-refractivity contribution is 6.11. The van der Waals surface area contributed by atoms with Gasteiger partial charge < -0.3 is 9.26 Å². The van der Waals surface area contributed by atoms with E-state index in [1.54, 1.807) is 36.2 Å². The Balaban J connectivity index is 1.75. The molecule has 1 amide bonds. The van der Waals surface area contributed by atoms with Gasteiger partial charge in [0.2, 0.25) is 0 Å². The van der Waals surface area contributed by atoms with Crippen molar-refractivity contribution in [1.82, 2.24) is 15.0 Å². The minimum absolute atomic E-state index is 0.244. The number of nitrogens with zero attached hydrogens (tertiary/aromatic N) is 4. The van der Waals surface area contributed by atoms with Crippen LogP contribution in [0.4, 0.5) is 4.79 Å². The summed E-state index contributed by atoms with van der Waals surface area (Å²) in [6.07, 6.45) is 8.18. The molecule has 8 heteroatoms. The quantitative estimate of drug-likeness (QED) is 0.314. The smallest absolute Gasteiger partial charge is 0.420 e. The van der Waals surface area contributed by atoms with Crippen LogP contribution in [0, 0.1) is 19.8 Å². The van der Waals surface area contributed by atoms with Crippen LogP contribution in [-0.4, -0.2) is 44.9 Å². The van der Waals surface area contributed by atoms with Gasteiger partial charge in [0, 0.05) is 35.0 Å². The molecule has 0 saturated heterocycles. The largest absolute Gasteiger partial charge is 0.443 e. The molecule has 0 N–H and O–H groups in total. The summed E-state index contributed by atoms with van der Waals surface area (Å²) >= 11 is 0. The average molecular weight is 475 g/mol. The Hall–Kier alpha value is -3.81. The lowest BCUT2D eigenvalue weighted by atomic mass is 9.97. The second-order valence-electron chi connectivity index (χ2n) is 9.80. The van der Waals surface area contributed by atoms with Gasteiger partial charge in [0.15, 0.2) is 5.78 Å². The molecule has 2 aliphatic rings. The van der Waals surface area contributed by atoms with Crippen molar-refractivity contribution in [1.29, 1.82) is 0 Å². The zero-order valence-electron chi connectivity index (χ0n) is 20.8. The molecule has 1 aliphatic heterocycles. The highest BCUT2D eigenvalue weighted by atomic mass is 16.6. The van der Waals surface area contributed by atoms with Crippen molar-refractivity contribution in [3.63, 3.8) is 0 Å². The van der Waals surface area contributed by atoms with Gasteiger partial charge in [-0.3, -0.25) is 14.8 Å². The van der Waals surface area contributed by atoms with Gasteiger partial charge in [0.25, 0.3) is 0 Å². The molecular formula is C27H30N4O4. The van der Waals surface area contributed by atoms with Crippen LogP contribution >= 0.6 is 0 Å². The first-order chi connectivity index (χ1) is 16.5. The number of carbonyl (C=O) groups excluding carboxylic acids is 2. The van der Waals surface area contributed by atoms with Crippen molar-refractivity contribution in [2.75, 3.05) is 6.54 Å². The van der Waals surface area contributed by atoms with Crippen molar-refractivity contribution in [3.8, 4) is 0 Å². The highest BCUT2D eigenvalue weighted by Gasteiger charge is 2.40. The number of hydrogen-bond donors (Lipinski definition) is 0. The SMILES string of the molecule is C=C(/C=C(\C=C1/CN=C(C2CC2)N1C(=O)OC(C)(C)C)c1c(C)noc1C)C(=O)c1cccnc1. The lowest BCUT2D eigenvalue weighted by Gasteiger charge is -2.26. The topological polar surface area (TPSA) is 97.9 Å². The van der Waals surface area contributed by atoms with Gasteiger partial charge in [-0.15, -0.1) is 0 Å². The molecule has 1 saturated carbocycles. The van der Waals surface area contributed by atoms with Crippen molar-refractivity contribution >= 4 is 23.3 Å². The van der Waals surface area contributed by atoms with E-state index < -0.39 is 11.7 Å². The molecule has 1 aliphatic carbocycles. The van der Waals surface area contributed by atoms with Crippen LogP contribution in [0.5, 0.6) is 0 Å². The van der Waals surface area contributed by atoms with Gasteiger partial charge in [-0.1, -0.05) is 11.7 Å². The number of pyridine rings is 1. The standard InChI is InChI=1S/C27H30N4O4/c1-16(24(32)20-8-7-11-28-14-20)12-21(23-17(2)30-35-18(23)3)13-22-15-29-25(19-9-10-19)31(22)26(33)34-27(4,5)6/h7-8,11-14,19H,1,9-10,15H2,2-6H3/b21-12+,22-13+. The van der Waals surface area contributed by atoms with E-state index >= 15 is 0 Å². The summed E-state index contributed by atoms with van der Waals surface area (Å²) in [5, 5.41) is 4.07. The summed E-state index contributed by atoms with van der Waals surface area (Å²) in [4.78, 5) is 36.4. The van der Waals surface area contributed by atoms with Crippen LogP contribution in [0.15, 0.2) is 64.0 Å². The van der Waals surface area contributed by atoms with Crippen LogP contribution in [0.1, 0.15) is 61.0 Å². The Morgan fingerprint density at radius 3 is 2.57 bits per heavy atom. The van der Waals surface area contributed by atoms with E-state index in [1.165, 1.54) is 6.20 Å². The van der Waals surface area contributed by atoms with Crippen LogP contribution in [-0.2, 0) is 4.74 Å². The molecule has 0 spiro atoms. The maximum absolute atomic E-state index is 13.2. The van der Waals surface area contributed by atoms with Crippen molar-refractivity contribution in [2.24, 2.45) is 10.9 Å². The molecule has 182 valence electrons. The second-order valence-corrected chi connectivity index (χ2v) is 9.80. The van der Waals surface area contributed by atoms with E-state index in [1.807, 2.05) is 33.8 Å². The number of ketones is 1. The number of amidine groups is 1. The molecular weight excluding hydrogens is 444 g/mol. The first kappa shape index (κ1) is 24.3. The first-order valence-electron chi connectivity index (χ1n) is 11.6. The summed E-state index contributed by atoms with van der Waals surface area (Å²) in [6, 6.07) is 3.40. The number of Topliss-reactive ketones (excluding diaryl/α,β-unsaturated/α-hetero) is 1. The number of hydrogen-bond acceptors (Lipinski definition) is 7. The fourth-order valence-corrected chi connectivity index (χ4v) is 3.93. The maximum Gasteiger partial charge on any atom is 0.420 e. The Bertz CT molecular complexity index is 1240. The van der Waals surface area contributed by atoms with Gasteiger partial charge in [-0.25, -0.2) is 9.69 Å². The van der Waals surface area contributed by atoms with Gasteiger partial charge >= 0.3 is 6.09 Å². The number of aliphatic imine (C=N–C) groups is 1. The molecule has 1 fully saturated rings. The second kappa shape index (κ2) is 9.44. The average Bonchev–Trinajstić information content (AvgIpc) is 3.47. The first-order valence-corrected chi connectivity index (χ1v) is 11.6. The molecule has 4 rings (SSSR count). The summed E-state index contributed by atoms with van der Waals surface area (Å²) in [6.45, 7) is 13.5. The molecule has 0 bridgehead atoms. The minimum atomic E-state index is -0.649. The number of amides is 1. The van der Waals surface area contributed by atoms with Crippen LogP contribution in [0.3, 0.4) is 0 Å². The van der Waals surface area contributed by atoms with E-state index in [-0.39, 0.29) is 17.3 Å². The third-order valence-electron chi connectivity index (χ3n) is 5.63. The number of allylic oxidation sites excluding steroid dienone is 4. The van der Waals surface area contributed by atoms with E-state index in [0.717, 1.165) is 24.2 Å². The Morgan fingerprint density at radius 1 is 1.26 bits per heavy atom. The zero-order valence-corrected chi connectivity index (χ0v) is 20.8. The van der Waals surface area contributed by atoms with Crippen molar-refractivity contribution < 1.29 is 18.8 Å². The fourth-order valence-electron chi connectivity index (χ4n) is 3.93. The molecule has 0 aromatic carbocycles. The fraction of sp³-hybridized carbons (Fsp3) is 0.370. The van der Waals surface area contributed by atoms with E-state index in [9.17, 15) is 9.59 Å². The Morgan fingerprint density at radius 2 is 2.00 bits per heavy atom. The predicted octanol–water partition coefficient (Wildman–Crippen LogP) is 5.45. The van der Waals surface area contributed by atoms with Crippen LogP contribution in [0.2, 0.25) is 0 Å². The molecule has 2 aromatic rings. The lowest BCUT2D eigenvalue weighted by molar-refractivity contribution is 0.0414. The highest BCUT2D eigenvalue weighted by Crippen LogP contribution is 2.37. The zero-order chi connectivity index (χ0) is 25.3. The predicted molar refractivity (Wildman–Crippen MR) is 133 cm³/mol.